The van der Waals surface area contributed by atoms with Crippen molar-refractivity contribution in [2.24, 2.45) is 0 Å². The van der Waals surface area contributed by atoms with E-state index in [1.54, 1.807) is 0 Å². The molecule has 0 bridgehead atoms. The van der Waals surface area contributed by atoms with Crippen molar-refractivity contribution in [2.75, 3.05) is 4.90 Å². The van der Waals surface area contributed by atoms with Crippen molar-refractivity contribution in [1.82, 2.24) is 4.57 Å². The summed E-state index contributed by atoms with van der Waals surface area (Å²) in [7, 11) is 0. The maximum absolute atomic E-state index is 2.45. The monoisotopic (exact) mass is 714 g/mol. The number of aromatic nitrogens is 1. The van der Waals surface area contributed by atoms with Gasteiger partial charge in [-0.05, 0) is 105 Å². The van der Waals surface area contributed by atoms with Crippen molar-refractivity contribution in [1.29, 1.82) is 0 Å². The van der Waals surface area contributed by atoms with Gasteiger partial charge in [0.05, 0.1) is 11.0 Å². The lowest BCUT2D eigenvalue weighted by molar-refractivity contribution is 1.18. The van der Waals surface area contributed by atoms with E-state index in [0.717, 1.165) is 28.3 Å². The summed E-state index contributed by atoms with van der Waals surface area (Å²) in [4.78, 5) is 2.38. The van der Waals surface area contributed by atoms with E-state index in [2.05, 4.69) is 240 Å². The van der Waals surface area contributed by atoms with E-state index in [4.69, 9.17) is 0 Å². The summed E-state index contributed by atoms with van der Waals surface area (Å²) < 4.78 is 2.45. The normalized spacial score (nSPS) is 11.2. The van der Waals surface area contributed by atoms with Crippen molar-refractivity contribution in [3.63, 3.8) is 0 Å². The van der Waals surface area contributed by atoms with Gasteiger partial charge in [0.2, 0.25) is 0 Å². The predicted molar refractivity (Wildman–Crippen MR) is 237 cm³/mol. The first-order valence-electron chi connectivity index (χ1n) is 19.2. The highest BCUT2D eigenvalue weighted by atomic mass is 15.1. The Morgan fingerprint density at radius 1 is 0.250 bits per heavy atom. The van der Waals surface area contributed by atoms with Gasteiger partial charge < -0.3 is 9.47 Å². The molecule has 0 saturated carbocycles. The van der Waals surface area contributed by atoms with Gasteiger partial charge in [0.15, 0.2) is 0 Å². The van der Waals surface area contributed by atoms with Crippen molar-refractivity contribution < 1.29 is 0 Å². The molecule has 0 amide bonds. The highest BCUT2D eigenvalue weighted by molar-refractivity contribution is 6.10. The van der Waals surface area contributed by atoms with Crippen LogP contribution in [0.25, 0.3) is 72.0 Å². The molecule has 0 spiro atoms. The molecule has 0 aliphatic rings. The minimum absolute atomic E-state index is 1.09. The largest absolute Gasteiger partial charge is 0.310 e. The molecule has 10 aromatic rings. The number of fused-ring (bicyclic) bond motifs is 3. The summed E-state index contributed by atoms with van der Waals surface area (Å²) in [6.07, 6.45) is 0. The molecule has 0 unspecified atom stereocenters. The summed E-state index contributed by atoms with van der Waals surface area (Å²) in [5.41, 5.74) is 16.3. The van der Waals surface area contributed by atoms with Crippen LogP contribution in [-0.2, 0) is 0 Å². The second-order valence-electron chi connectivity index (χ2n) is 14.2. The van der Waals surface area contributed by atoms with Crippen LogP contribution < -0.4 is 4.90 Å². The number of benzene rings is 9. The molecule has 10 rings (SSSR count). The predicted octanol–water partition coefficient (Wildman–Crippen LogP) is 14.9. The van der Waals surface area contributed by atoms with Crippen LogP contribution in [0.3, 0.4) is 0 Å². The van der Waals surface area contributed by atoms with E-state index in [1.165, 1.54) is 60.8 Å². The molecule has 2 heteroatoms. The second-order valence-corrected chi connectivity index (χ2v) is 14.2. The quantitative estimate of drug-likeness (QED) is 0.152. The zero-order valence-corrected chi connectivity index (χ0v) is 30.8. The molecule has 1 heterocycles. The maximum Gasteiger partial charge on any atom is 0.0561 e. The van der Waals surface area contributed by atoms with E-state index in [1.807, 2.05) is 0 Å². The first kappa shape index (κ1) is 33.2. The zero-order chi connectivity index (χ0) is 37.3. The fourth-order valence-electron chi connectivity index (χ4n) is 8.03. The minimum atomic E-state index is 1.09. The third kappa shape index (κ3) is 6.24. The molecule has 0 saturated heterocycles. The summed E-state index contributed by atoms with van der Waals surface area (Å²) in [5.74, 6) is 0. The molecule has 1 aromatic heterocycles. The number of nitrogens with zero attached hydrogens (tertiary/aromatic N) is 2. The summed E-state index contributed by atoms with van der Waals surface area (Å²) in [5, 5.41) is 2.45. The lowest BCUT2D eigenvalue weighted by atomic mass is 9.98. The molecule has 0 atom stereocenters. The molecule has 0 aliphatic carbocycles. The molecule has 2 nitrogen and oxygen atoms in total. The van der Waals surface area contributed by atoms with E-state index >= 15 is 0 Å². The van der Waals surface area contributed by atoms with Gasteiger partial charge >= 0.3 is 0 Å². The summed E-state index contributed by atoms with van der Waals surface area (Å²) in [6.45, 7) is 0. The zero-order valence-electron chi connectivity index (χ0n) is 30.8. The van der Waals surface area contributed by atoms with Crippen molar-refractivity contribution >= 4 is 38.9 Å². The van der Waals surface area contributed by atoms with Crippen molar-refractivity contribution in [3.8, 4) is 50.2 Å². The van der Waals surface area contributed by atoms with Crippen LogP contribution in [0.15, 0.2) is 231 Å². The SMILES string of the molecule is c1ccc(-c2ccc(N(c3ccc(-c4ccccc4)cc3)c3ccc4c5ccccc5n(-c5cc(-c6ccccc6)cc(-c6ccccc6)c5)c4c3)cc2)cc1. The number of para-hydroxylation sites is 1. The fourth-order valence-corrected chi connectivity index (χ4v) is 8.03. The van der Waals surface area contributed by atoms with Crippen LogP contribution in [0.1, 0.15) is 0 Å². The number of hydrogen-bond acceptors (Lipinski definition) is 1. The van der Waals surface area contributed by atoms with E-state index in [0.29, 0.717) is 0 Å². The van der Waals surface area contributed by atoms with Gasteiger partial charge in [0.25, 0.3) is 0 Å². The van der Waals surface area contributed by atoms with E-state index < -0.39 is 0 Å². The first-order valence-corrected chi connectivity index (χ1v) is 19.2. The van der Waals surface area contributed by atoms with Gasteiger partial charge in [-0.1, -0.05) is 170 Å². The molecule has 56 heavy (non-hydrogen) atoms. The van der Waals surface area contributed by atoms with Crippen LogP contribution in [0.4, 0.5) is 17.1 Å². The molecule has 0 radical (unpaired) electrons. The van der Waals surface area contributed by atoms with Gasteiger partial charge in [0.1, 0.15) is 0 Å². The number of rotatable bonds is 8. The molecule has 0 N–H and O–H groups in total. The number of anilines is 3. The number of hydrogen-bond donors (Lipinski definition) is 0. The highest BCUT2D eigenvalue weighted by Crippen LogP contribution is 2.41. The lowest BCUT2D eigenvalue weighted by Gasteiger charge is -2.26. The van der Waals surface area contributed by atoms with Gasteiger partial charge in [-0.15, -0.1) is 0 Å². The molecule has 264 valence electrons. The molecular formula is C54H38N2. The van der Waals surface area contributed by atoms with Crippen LogP contribution in [-0.4, -0.2) is 4.57 Å². The van der Waals surface area contributed by atoms with Crippen LogP contribution >= 0.6 is 0 Å². The first-order chi connectivity index (χ1) is 27.8. The Morgan fingerprint density at radius 2 is 0.625 bits per heavy atom. The summed E-state index contributed by atoms with van der Waals surface area (Å²) >= 11 is 0. The Balaban J connectivity index is 1.17. The smallest absolute Gasteiger partial charge is 0.0561 e. The molecule has 0 fully saturated rings. The Kier molecular flexibility index (Phi) is 8.55. The standard InChI is InChI=1S/C54H38N2/c1-5-15-39(16-6-1)43-25-29-47(30-26-43)55(48-31-27-44(28-32-48)40-17-7-2-8-18-40)49-33-34-52-51-23-13-14-24-53(51)56(54(52)38-49)50-36-45(41-19-9-3-10-20-41)35-46(37-50)42-21-11-4-12-22-42/h1-38H. The van der Waals surface area contributed by atoms with Crippen LogP contribution in [0.5, 0.6) is 0 Å². The van der Waals surface area contributed by atoms with Crippen LogP contribution in [0.2, 0.25) is 0 Å². The minimum Gasteiger partial charge on any atom is -0.310 e. The van der Waals surface area contributed by atoms with Gasteiger partial charge in [-0.3, -0.25) is 0 Å². The molecular weight excluding hydrogens is 677 g/mol. The molecule has 9 aromatic carbocycles. The molecule has 0 aliphatic heterocycles. The Bertz CT molecular complexity index is 2770. The van der Waals surface area contributed by atoms with E-state index in [9.17, 15) is 0 Å². The van der Waals surface area contributed by atoms with Gasteiger partial charge in [-0.2, -0.15) is 0 Å². The van der Waals surface area contributed by atoms with Gasteiger partial charge in [0, 0.05) is 33.5 Å². The Morgan fingerprint density at radius 3 is 1.11 bits per heavy atom. The highest BCUT2D eigenvalue weighted by Gasteiger charge is 2.19. The van der Waals surface area contributed by atoms with Gasteiger partial charge in [-0.25, -0.2) is 0 Å². The third-order valence-electron chi connectivity index (χ3n) is 10.8. The average Bonchev–Trinajstić information content (AvgIpc) is 3.62. The lowest BCUT2D eigenvalue weighted by Crippen LogP contribution is -2.10. The average molecular weight is 715 g/mol. The topological polar surface area (TPSA) is 8.17 Å². The van der Waals surface area contributed by atoms with Crippen molar-refractivity contribution in [3.05, 3.63) is 231 Å². The van der Waals surface area contributed by atoms with E-state index in [-0.39, 0.29) is 0 Å². The van der Waals surface area contributed by atoms with Crippen LogP contribution in [0, 0.1) is 0 Å². The Hall–Kier alpha value is -7.42. The summed E-state index contributed by atoms with van der Waals surface area (Å²) in [6, 6.07) is 83.1. The van der Waals surface area contributed by atoms with Crippen molar-refractivity contribution in [2.45, 2.75) is 0 Å². The second kappa shape index (κ2) is 14.4. The third-order valence-corrected chi connectivity index (χ3v) is 10.8. The Labute approximate surface area is 327 Å². The fraction of sp³-hybridized carbons (Fsp3) is 0. The maximum atomic E-state index is 2.45.